The zero-order valence-electron chi connectivity index (χ0n) is 15.4. The minimum absolute atomic E-state index is 0.0485. The third-order valence-electron chi connectivity index (χ3n) is 3.88. The molecule has 138 valence electrons. The predicted octanol–water partition coefficient (Wildman–Crippen LogP) is 4.14. The highest BCUT2D eigenvalue weighted by Crippen LogP contribution is 2.23. The molecule has 1 N–H and O–H groups in total. The lowest BCUT2D eigenvalue weighted by molar-refractivity contribution is -0.125. The summed E-state index contributed by atoms with van der Waals surface area (Å²) in [6, 6.07) is 16.0. The second kappa shape index (κ2) is 7.86. The Morgan fingerprint density at radius 2 is 1.67 bits per heavy atom. The number of carbonyl (C=O) groups is 2. The first-order chi connectivity index (χ1) is 12.9. The van der Waals surface area contributed by atoms with E-state index in [1.807, 2.05) is 38.1 Å². The fraction of sp³-hybridized carbons (Fsp3) is 0.190. The Morgan fingerprint density at radius 1 is 1.00 bits per heavy atom. The summed E-state index contributed by atoms with van der Waals surface area (Å²) in [7, 11) is 0. The second-order valence-electron chi connectivity index (χ2n) is 6.39. The van der Waals surface area contributed by atoms with Gasteiger partial charge in [0.15, 0.2) is 0 Å². The van der Waals surface area contributed by atoms with Crippen LogP contribution in [0.4, 0.5) is 5.69 Å². The third kappa shape index (κ3) is 4.61. The number of esters is 1. The molecule has 3 rings (SSSR count). The van der Waals surface area contributed by atoms with Gasteiger partial charge in [-0.2, -0.15) is 0 Å². The molecule has 0 aliphatic carbocycles. The normalized spacial score (nSPS) is 11.7. The molecule has 6 nitrogen and oxygen atoms in total. The Balaban J connectivity index is 1.85. The Bertz CT molecular complexity index is 943. The van der Waals surface area contributed by atoms with E-state index in [2.05, 4.69) is 10.5 Å². The number of amides is 1. The smallest absolute Gasteiger partial charge is 0.378 e. The largest absolute Gasteiger partial charge is 0.441 e. The molecule has 2 aromatic carbocycles. The topological polar surface area (TPSA) is 81.4 Å². The Hall–Kier alpha value is -3.41. The molecule has 0 spiro atoms. The van der Waals surface area contributed by atoms with Gasteiger partial charge in [-0.15, -0.1) is 0 Å². The fourth-order valence-corrected chi connectivity index (χ4v) is 2.78. The summed E-state index contributed by atoms with van der Waals surface area (Å²) in [6.07, 6.45) is -1.12. The van der Waals surface area contributed by atoms with Crippen LogP contribution in [0.5, 0.6) is 0 Å². The van der Waals surface area contributed by atoms with Gasteiger partial charge in [0.1, 0.15) is 0 Å². The van der Waals surface area contributed by atoms with Crippen molar-refractivity contribution in [3.05, 3.63) is 82.7 Å². The lowest BCUT2D eigenvalue weighted by Gasteiger charge is -2.18. The summed E-state index contributed by atoms with van der Waals surface area (Å²) in [6.45, 7) is 5.59. The van der Waals surface area contributed by atoms with Gasteiger partial charge in [-0.1, -0.05) is 41.6 Å². The van der Waals surface area contributed by atoms with Gasteiger partial charge in [0.2, 0.25) is 11.9 Å². The SMILES string of the molecule is Cc1cc(C)cc(NC(=O)C(OC(=O)c2cc(C)no2)c2ccccc2)c1. The molecule has 1 aromatic heterocycles. The molecule has 1 atom stereocenters. The number of aromatic nitrogens is 1. The minimum atomic E-state index is -1.12. The quantitative estimate of drug-likeness (QED) is 0.688. The first kappa shape index (κ1) is 18.4. The van der Waals surface area contributed by atoms with Crippen LogP contribution < -0.4 is 5.32 Å². The van der Waals surface area contributed by atoms with Crippen molar-refractivity contribution in [3.63, 3.8) is 0 Å². The monoisotopic (exact) mass is 364 g/mol. The molecule has 0 aliphatic rings. The molecule has 6 heteroatoms. The van der Waals surface area contributed by atoms with Crippen LogP contribution in [-0.4, -0.2) is 17.0 Å². The van der Waals surface area contributed by atoms with Crippen molar-refractivity contribution in [1.29, 1.82) is 0 Å². The maximum atomic E-state index is 12.9. The Morgan fingerprint density at radius 3 is 2.26 bits per heavy atom. The molecule has 0 aliphatic heterocycles. The minimum Gasteiger partial charge on any atom is -0.441 e. The first-order valence-corrected chi connectivity index (χ1v) is 8.51. The van der Waals surface area contributed by atoms with Crippen molar-refractivity contribution in [2.75, 3.05) is 5.32 Å². The van der Waals surface area contributed by atoms with E-state index < -0.39 is 18.0 Å². The molecule has 1 amide bonds. The molecule has 27 heavy (non-hydrogen) atoms. The van der Waals surface area contributed by atoms with Crippen LogP contribution in [0.15, 0.2) is 59.1 Å². The molecule has 0 fully saturated rings. The molecule has 0 bridgehead atoms. The number of nitrogens with one attached hydrogen (secondary N) is 1. The number of aryl methyl sites for hydroxylation is 3. The van der Waals surface area contributed by atoms with Gasteiger partial charge < -0.3 is 14.6 Å². The molecule has 1 unspecified atom stereocenters. The molecular weight excluding hydrogens is 344 g/mol. The summed E-state index contributed by atoms with van der Waals surface area (Å²) < 4.78 is 10.4. The number of nitrogens with zero attached hydrogens (tertiary/aromatic N) is 1. The zero-order valence-corrected chi connectivity index (χ0v) is 15.4. The van der Waals surface area contributed by atoms with Crippen molar-refractivity contribution in [2.24, 2.45) is 0 Å². The third-order valence-corrected chi connectivity index (χ3v) is 3.88. The second-order valence-corrected chi connectivity index (χ2v) is 6.39. The summed E-state index contributed by atoms with van der Waals surface area (Å²) in [4.78, 5) is 25.2. The lowest BCUT2D eigenvalue weighted by atomic mass is 10.1. The van der Waals surface area contributed by atoms with Crippen molar-refractivity contribution >= 4 is 17.6 Å². The Labute approximate surface area is 157 Å². The summed E-state index contributed by atoms with van der Waals surface area (Å²) in [5.74, 6) is -1.25. The standard InChI is InChI=1S/C21H20N2O4/c1-13-9-14(2)11-17(10-13)22-20(24)19(16-7-5-4-6-8-16)26-21(25)18-12-15(3)23-27-18/h4-12,19H,1-3H3,(H,22,24). The molecular formula is C21H20N2O4. The van der Waals surface area contributed by atoms with E-state index in [-0.39, 0.29) is 5.76 Å². The van der Waals surface area contributed by atoms with Gasteiger partial charge in [-0.3, -0.25) is 4.79 Å². The number of benzene rings is 2. The van der Waals surface area contributed by atoms with Gasteiger partial charge in [0.25, 0.3) is 5.91 Å². The van der Waals surface area contributed by atoms with Crippen LogP contribution >= 0.6 is 0 Å². The maximum Gasteiger partial charge on any atom is 0.378 e. The molecule has 0 radical (unpaired) electrons. The number of hydrogen-bond donors (Lipinski definition) is 1. The van der Waals surface area contributed by atoms with Crippen LogP contribution in [-0.2, 0) is 9.53 Å². The maximum absolute atomic E-state index is 12.9. The van der Waals surface area contributed by atoms with Crippen molar-refractivity contribution in [3.8, 4) is 0 Å². The average Bonchev–Trinajstić information content (AvgIpc) is 3.06. The van der Waals surface area contributed by atoms with Gasteiger partial charge in [0, 0.05) is 17.3 Å². The highest BCUT2D eigenvalue weighted by molar-refractivity contribution is 5.97. The average molecular weight is 364 g/mol. The van der Waals surface area contributed by atoms with Crippen LogP contribution in [0.25, 0.3) is 0 Å². The van der Waals surface area contributed by atoms with Crippen molar-refractivity contribution in [2.45, 2.75) is 26.9 Å². The summed E-state index contributed by atoms with van der Waals surface area (Å²) >= 11 is 0. The Kier molecular flexibility index (Phi) is 5.35. The zero-order chi connectivity index (χ0) is 19.4. The molecule has 3 aromatic rings. The van der Waals surface area contributed by atoms with Crippen LogP contribution in [0.2, 0.25) is 0 Å². The highest BCUT2D eigenvalue weighted by Gasteiger charge is 2.27. The summed E-state index contributed by atoms with van der Waals surface area (Å²) in [5, 5.41) is 6.50. The van der Waals surface area contributed by atoms with Gasteiger partial charge in [0.05, 0.1) is 5.69 Å². The molecule has 0 saturated carbocycles. The summed E-state index contributed by atoms with van der Waals surface area (Å²) in [5.41, 5.74) is 3.80. The number of ether oxygens (including phenoxy) is 1. The van der Waals surface area contributed by atoms with E-state index in [9.17, 15) is 9.59 Å². The fourth-order valence-electron chi connectivity index (χ4n) is 2.78. The van der Waals surface area contributed by atoms with Crippen LogP contribution in [0, 0.1) is 20.8 Å². The van der Waals surface area contributed by atoms with Crippen LogP contribution in [0.1, 0.15) is 39.0 Å². The van der Waals surface area contributed by atoms with E-state index in [0.717, 1.165) is 11.1 Å². The molecule has 1 heterocycles. The first-order valence-electron chi connectivity index (χ1n) is 8.51. The van der Waals surface area contributed by atoms with Crippen molar-refractivity contribution in [1.82, 2.24) is 5.16 Å². The highest BCUT2D eigenvalue weighted by atomic mass is 16.6. The molecule has 0 saturated heterocycles. The van der Waals surface area contributed by atoms with Gasteiger partial charge in [-0.05, 0) is 44.0 Å². The predicted molar refractivity (Wildman–Crippen MR) is 100 cm³/mol. The van der Waals surface area contributed by atoms with E-state index in [0.29, 0.717) is 16.9 Å². The van der Waals surface area contributed by atoms with E-state index in [1.54, 1.807) is 31.2 Å². The number of rotatable bonds is 5. The van der Waals surface area contributed by atoms with E-state index in [1.165, 1.54) is 6.07 Å². The van der Waals surface area contributed by atoms with Crippen molar-refractivity contribution < 1.29 is 18.8 Å². The van der Waals surface area contributed by atoms with E-state index >= 15 is 0 Å². The lowest BCUT2D eigenvalue weighted by Crippen LogP contribution is -2.26. The van der Waals surface area contributed by atoms with Gasteiger partial charge in [-0.25, -0.2) is 4.79 Å². The number of hydrogen-bond acceptors (Lipinski definition) is 5. The van der Waals surface area contributed by atoms with Crippen LogP contribution in [0.3, 0.4) is 0 Å². The van der Waals surface area contributed by atoms with E-state index in [4.69, 9.17) is 9.26 Å². The van der Waals surface area contributed by atoms with Gasteiger partial charge >= 0.3 is 5.97 Å². The number of anilines is 1. The number of carbonyl (C=O) groups excluding carboxylic acids is 2.